The number of aromatic nitrogens is 1. The molecule has 0 aliphatic carbocycles. The molecule has 2 rings (SSSR count). The third-order valence-corrected chi connectivity index (χ3v) is 2.63. The smallest absolute Gasteiger partial charge is 0.158 e. The zero-order chi connectivity index (χ0) is 13.1. The summed E-state index contributed by atoms with van der Waals surface area (Å²) < 4.78 is 13.7. The lowest BCUT2D eigenvalue weighted by molar-refractivity contribution is 0.631. The van der Waals surface area contributed by atoms with Gasteiger partial charge in [0.2, 0.25) is 0 Å². The Hall–Kier alpha value is -2.45. The molecular formula is C13H11FN4. The highest BCUT2D eigenvalue weighted by Crippen LogP contribution is 2.28. The monoisotopic (exact) mass is 242 g/mol. The van der Waals surface area contributed by atoms with Crippen LogP contribution < -0.4 is 11.3 Å². The van der Waals surface area contributed by atoms with Gasteiger partial charge in [-0.25, -0.2) is 15.2 Å². The van der Waals surface area contributed by atoms with Gasteiger partial charge in [-0.15, -0.1) is 0 Å². The standard InChI is InChI=1S/C13H11FN4/c1-8-11(10-4-2-3-5-12(10)14)6-9(7-15)13(17-8)18-16/h2-6H,16H2,1H3,(H,17,18). The lowest BCUT2D eigenvalue weighted by atomic mass is 10.0. The molecule has 0 saturated carbocycles. The van der Waals surface area contributed by atoms with Gasteiger partial charge in [-0.3, -0.25) is 0 Å². The molecule has 1 aromatic carbocycles. The van der Waals surface area contributed by atoms with E-state index in [1.807, 2.05) is 6.07 Å². The SMILES string of the molecule is Cc1nc(NN)c(C#N)cc1-c1ccccc1F. The Kier molecular flexibility index (Phi) is 3.22. The molecule has 0 unspecified atom stereocenters. The highest BCUT2D eigenvalue weighted by atomic mass is 19.1. The highest BCUT2D eigenvalue weighted by Gasteiger charge is 2.12. The van der Waals surface area contributed by atoms with Crippen molar-refractivity contribution >= 4 is 5.82 Å². The van der Waals surface area contributed by atoms with Crippen LogP contribution in [-0.2, 0) is 0 Å². The van der Waals surface area contributed by atoms with E-state index in [9.17, 15) is 4.39 Å². The fraction of sp³-hybridized carbons (Fsp3) is 0.0769. The summed E-state index contributed by atoms with van der Waals surface area (Å²) in [7, 11) is 0. The number of nitrogens with two attached hydrogens (primary N) is 1. The number of aryl methyl sites for hydroxylation is 1. The largest absolute Gasteiger partial charge is 0.307 e. The molecule has 18 heavy (non-hydrogen) atoms. The van der Waals surface area contributed by atoms with Gasteiger partial charge in [0.25, 0.3) is 0 Å². The molecule has 3 N–H and O–H groups in total. The first-order valence-corrected chi connectivity index (χ1v) is 5.30. The van der Waals surface area contributed by atoms with Crippen LogP contribution in [0.1, 0.15) is 11.3 Å². The number of nitriles is 1. The highest BCUT2D eigenvalue weighted by molar-refractivity contribution is 5.71. The van der Waals surface area contributed by atoms with Gasteiger partial charge in [0, 0.05) is 16.8 Å². The van der Waals surface area contributed by atoms with Crippen LogP contribution in [0.15, 0.2) is 30.3 Å². The average molecular weight is 242 g/mol. The van der Waals surface area contributed by atoms with Crippen molar-refractivity contribution < 1.29 is 4.39 Å². The summed E-state index contributed by atoms with van der Waals surface area (Å²) in [5, 5.41) is 9.00. The van der Waals surface area contributed by atoms with Crippen molar-refractivity contribution in [3.05, 3.63) is 47.4 Å². The number of pyridine rings is 1. The summed E-state index contributed by atoms with van der Waals surface area (Å²) in [6, 6.07) is 9.92. The molecule has 1 heterocycles. The molecule has 0 aliphatic rings. The van der Waals surface area contributed by atoms with E-state index in [0.29, 0.717) is 16.8 Å². The second-order valence-corrected chi connectivity index (χ2v) is 3.75. The molecule has 0 amide bonds. The summed E-state index contributed by atoms with van der Waals surface area (Å²) in [5.74, 6) is 5.22. The van der Waals surface area contributed by atoms with E-state index in [1.54, 1.807) is 31.2 Å². The number of halogens is 1. The molecule has 0 bridgehead atoms. The van der Waals surface area contributed by atoms with Gasteiger partial charge >= 0.3 is 0 Å². The Bertz CT molecular complexity index is 631. The zero-order valence-corrected chi connectivity index (χ0v) is 9.74. The summed E-state index contributed by atoms with van der Waals surface area (Å²) in [5.41, 5.74) is 4.24. The first-order valence-electron chi connectivity index (χ1n) is 5.30. The molecule has 0 fully saturated rings. The van der Waals surface area contributed by atoms with Crippen LogP contribution >= 0.6 is 0 Å². The van der Waals surface area contributed by atoms with E-state index in [4.69, 9.17) is 11.1 Å². The van der Waals surface area contributed by atoms with Gasteiger partial charge in [-0.2, -0.15) is 5.26 Å². The topological polar surface area (TPSA) is 74.7 Å². The third kappa shape index (κ3) is 2.01. The minimum Gasteiger partial charge on any atom is -0.307 e. The molecule has 1 aromatic heterocycles. The molecule has 0 radical (unpaired) electrons. The van der Waals surface area contributed by atoms with Gasteiger partial charge < -0.3 is 5.43 Å². The second-order valence-electron chi connectivity index (χ2n) is 3.75. The lowest BCUT2D eigenvalue weighted by Crippen LogP contribution is -2.11. The maximum atomic E-state index is 13.7. The van der Waals surface area contributed by atoms with E-state index in [0.717, 1.165) is 0 Å². The first-order chi connectivity index (χ1) is 8.67. The van der Waals surface area contributed by atoms with Crippen LogP contribution in [0, 0.1) is 24.1 Å². The fourth-order valence-corrected chi connectivity index (χ4v) is 1.75. The van der Waals surface area contributed by atoms with Crippen molar-refractivity contribution in [1.82, 2.24) is 4.98 Å². The van der Waals surface area contributed by atoms with Crippen molar-refractivity contribution in [1.29, 1.82) is 5.26 Å². The number of nitrogens with zero attached hydrogens (tertiary/aromatic N) is 2. The predicted molar refractivity (Wildman–Crippen MR) is 66.9 cm³/mol. The third-order valence-electron chi connectivity index (χ3n) is 2.63. The molecule has 0 atom stereocenters. The fourth-order valence-electron chi connectivity index (χ4n) is 1.75. The van der Waals surface area contributed by atoms with E-state index < -0.39 is 0 Å². The Labute approximate surface area is 104 Å². The Balaban J connectivity index is 2.67. The van der Waals surface area contributed by atoms with Crippen molar-refractivity contribution in [3.8, 4) is 17.2 Å². The van der Waals surface area contributed by atoms with Crippen LogP contribution in [0.25, 0.3) is 11.1 Å². The number of benzene rings is 1. The van der Waals surface area contributed by atoms with Crippen molar-refractivity contribution in [2.24, 2.45) is 5.84 Å². The number of hydrogen-bond acceptors (Lipinski definition) is 4. The van der Waals surface area contributed by atoms with Gasteiger partial charge in [0.15, 0.2) is 5.82 Å². The average Bonchev–Trinajstić information content (AvgIpc) is 2.39. The van der Waals surface area contributed by atoms with Crippen molar-refractivity contribution in [3.63, 3.8) is 0 Å². The van der Waals surface area contributed by atoms with Crippen LogP contribution in [0.2, 0.25) is 0 Å². The Morgan fingerprint density at radius 3 is 2.67 bits per heavy atom. The van der Waals surface area contributed by atoms with Crippen molar-refractivity contribution in [2.45, 2.75) is 6.92 Å². The van der Waals surface area contributed by atoms with Crippen LogP contribution in [0.3, 0.4) is 0 Å². The Morgan fingerprint density at radius 2 is 2.06 bits per heavy atom. The molecule has 0 spiro atoms. The number of nitrogen functional groups attached to an aromatic ring is 1. The van der Waals surface area contributed by atoms with E-state index >= 15 is 0 Å². The Morgan fingerprint density at radius 1 is 1.33 bits per heavy atom. The maximum absolute atomic E-state index is 13.7. The summed E-state index contributed by atoms with van der Waals surface area (Å²) in [4.78, 5) is 4.15. The van der Waals surface area contributed by atoms with E-state index in [-0.39, 0.29) is 17.2 Å². The van der Waals surface area contributed by atoms with E-state index in [2.05, 4.69) is 10.4 Å². The van der Waals surface area contributed by atoms with E-state index in [1.165, 1.54) is 6.07 Å². The van der Waals surface area contributed by atoms with Gasteiger partial charge in [-0.05, 0) is 19.1 Å². The van der Waals surface area contributed by atoms with Crippen molar-refractivity contribution in [2.75, 3.05) is 5.43 Å². The number of hydrogen-bond donors (Lipinski definition) is 2. The lowest BCUT2D eigenvalue weighted by Gasteiger charge is -2.10. The molecule has 90 valence electrons. The summed E-state index contributed by atoms with van der Waals surface area (Å²) in [6.45, 7) is 1.74. The number of anilines is 1. The van der Waals surface area contributed by atoms with Gasteiger partial charge in [0.1, 0.15) is 11.9 Å². The second kappa shape index (κ2) is 4.82. The minimum absolute atomic E-state index is 0.279. The summed E-state index contributed by atoms with van der Waals surface area (Å²) >= 11 is 0. The minimum atomic E-state index is -0.347. The van der Waals surface area contributed by atoms with Gasteiger partial charge in [-0.1, -0.05) is 18.2 Å². The molecule has 0 saturated heterocycles. The molecule has 5 heteroatoms. The maximum Gasteiger partial charge on any atom is 0.158 e. The molecule has 2 aromatic rings. The predicted octanol–water partition coefficient (Wildman–Crippen LogP) is 2.35. The van der Waals surface area contributed by atoms with Crippen LogP contribution in [-0.4, -0.2) is 4.98 Å². The number of nitrogens with one attached hydrogen (secondary N) is 1. The zero-order valence-electron chi connectivity index (χ0n) is 9.74. The first kappa shape index (κ1) is 12.0. The molecule has 0 aliphatic heterocycles. The van der Waals surface area contributed by atoms with Gasteiger partial charge in [0.05, 0.1) is 5.56 Å². The molecule has 4 nitrogen and oxygen atoms in total. The number of hydrazine groups is 1. The molecular weight excluding hydrogens is 231 g/mol. The summed E-state index contributed by atoms with van der Waals surface area (Å²) in [6.07, 6.45) is 0. The normalized spacial score (nSPS) is 9.89. The van der Waals surface area contributed by atoms with Crippen LogP contribution in [0.5, 0.6) is 0 Å². The van der Waals surface area contributed by atoms with Crippen LogP contribution in [0.4, 0.5) is 10.2 Å². The number of rotatable bonds is 2. The quantitative estimate of drug-likeness (QED) is 0.626.